The molecule has 6 nitrogen and oxygen atoms in total. The molecule has 0 spiro atoms. The number of urea groups is 1. The fraction of sp³-hybridized carbons (Fsp3) is 0.273. The van der Waals surface area contributed by atoms with Crippen molar-refractivity contribution in [2.75, 3.05) is 19.0 Å². The summed E-state index contributed by atoms with van der Waals surface area (Å²) in [6.45, 7) is -0.311. The predicted octanol–water partition coefficient (Wildman–Crippen LogP) is 1.19. The third kappa shape index (κ3) is 4.51. The number of hydrogen-bond acceptors (Lipinski definition) is 3. The molecule has 0 fully saturated rings. The molecule has 0 aliphatic heterocycles. The Morgan fingerprint density at radius 3 is 2.68 bits per heavy atom. The number of carboxylic acid groups (broad SMARTS) is 1. The maximum Gasteiger partial charge on any atom is 0.334 e. The molecule has 1 rings (SSSR count). The van der Waals surface area contributed by atoms with E-state index in [1.54, 1.807) is 0 Å². The number of anilines is 1. The molecular formula is C11H12F2N2O4. The predicted molar refractivity (Wildman–Crippen MR) is 61.8 cm³/mol. The molecule has 19 heavy (non-hydrogen) atoms. The second-order valence-electron chi connectivity index (χ2n) is 3.52. The highest BCUT2D eigenvalue weighted by atomic mass is 19.1. The highest BCUT2D eigenvalue weighted by Crippen LogP contribution is 2.14. The van der Waals surface area contributed by atoms with E-state index in [-0.39, 0.29) is 12.2 Å². The molecule has 1 unspecified atom stereocenters. The second kappa shape index (κ2) is 6.64. The highest BCUT2D eigenvalue weighted by molar-refractivity contribution is 5.89. The normalized spacial score (nSPS) is 11.7. The lowest BCUT2D eigenvalue weighted by Gasteiger charge is -2.12. The van der Waals surface area contributed by atoms with Crippen molar-refractivity contribution in [1.82, 2.24) is 5.32 Å². The van der Waals surface area contributed by atoms with E-state index in [2.05, 4.69) is 15.4 Å². The standard InChI is InChI=1S/C11H12F2N2O4/c1-19-9(10(16)17)5-14-11(18)15-8-4-6(12)2-3-7(8)13/h2-4,9H,5H2,1H3,(H,16,17)(H2,14,15,18). The summed E-state index contributed by atoms with van der Waals surface area (Å²) in [5, 5.41) is 12.9. The monoisotopic (exact) mass is 274 g/mol. The van der Waals surface area contributed by atoms with Crippen molar-refractivity contribution in [2.24, 2.45) is 0 Å². The van der Waals surface area contributed by atoms with Gasteiger partial charge >= 0.3 is 12.0 Å². The average Bonchev–Trinajstić information content (AvgIpc) is 2.34. The Balaban J connectivity index is 2.56. The van der Waals surface area contributed by atoms with Crippen molar-refractivity contribution in [3.63, 3.8) is 0 Å². The molecule has 1 aromatic carbocycles. The van der Waals surface area contributed by atoms with Crippen LogP contribution in [0.5, 0.6) is 0 Å². The molecule has 0 aromatic heterocycles. The summed E-state index contributed by atoms with van der Waals surface area (Å²) in [5.74, 6) is -2.77. The van der Waals surface area contributed by atoms with Crippen LogP contribution >= 0.6 is 0 Å². The fourth-order valence-electron chi connectivity index (χ4n) is 1.22. The lowest BCUT2D eigenvalue weighted by Crippen LogP contribution is -2.39. The minimum absolute atomic E-state index is 0.311. The van der Waals surface area contributed by atoms with Gasteiger partial charge in [0.15, 0.2) is 6.10 Å². The number of hydrogen-bond donors (Lipinski definition) is 3. The average molecular weight is 274 g/mol. The molecule has 3 N–H and O–H groups in total. The maximum atomic E-state index is 13.2. The van der Waals surface area contributed by atoms with E-state index >= 15 is 0 Å². The minimum Gasteiger partial charge on any atom is -0.479 e. The van der Waals surface area contributed by atoms with Gasteiger partial charge in [-0.1, -0.05) is 0 Å². The molecule has 0 radical (unpaired) electrons. The van der Waals surface area contributed by atoms with E-state index in [9.17, 15) is 18.4 Å². The van der Waals surface area contributed by atoms with Gasteiger partial charge in [0.25, 0.3) is 0 Å². The van der Waals surface area contributed by atoms with Crippen molar-refractivity contribution in [1.29, 1.82) is 0 Å². The Kier molecular flexibility index (Phi) is 5.19. The first-order chi connectivity index (χ1) is 8.93. The van der Waals surface area contributed by atoms with Crippen molar-refractivity contribution in [2.45, 2.75) is 6.10 Å². The lowest BCUT2D eigenvalue weighted by molar-refractivity contribution is -0.147. The largest absolute Gasteiger partial charge is 0.479 e. The molecule has 0 bridgehead atoms. The number of amides is 2. The highest BCUT2D eigenvalue weighted by Gasteiger charge is 2.17. The quantitative estimate of drug-likeness (QED) is 0.752. The molecule has 104 valence electrons. The molecule has 8 heteroatoms. The summed E-state index contributed by atoms with van der Waals surface area (Å²) in [7, 11) is 1.17. The van der Waals surface area contributed by atoms with Gasteiger partial charge in [-0.15, -0.1) is 0 Å². The summed E-state index contributed by atoms with van der Waals surface area (Å²) in [6, 6.07) is 1.71. The minimum atomic E-state index is -1.25. The number of carbonyl (C=O) groups excluding carboxylic acids is 1. The first kappa shape index (κ1) is 14.8. The molecule has 0 saturated heterocycles. The number of aliphatic carboxylic acids is 1. The number of methoxy groups -OCH3 is 1. The van der Waals surface area contributed by atoms with Crippen LogP contribution in [0.1, 0.15) is 0 Å². The molecular weight excluding hydrogens is 262 g/mol. The van der Waals surface area contributed by atoms with Crippen LogP contribution in [0.2, 0.25) is 0 Å². The second-order valence-corrected chi connectivity index (χ2v) is 3.52. The van der Waals surface area contributed by atoms with Crippen molar-refractivity contribution in [3.8, 4) is 0 Å². The number of halogens is 2. The zero-order chi connectivity index (χ0) is 14.4. The topological polar surface area (TPSA) is 87.7 Å². The van der Waals surface area contributed by atoms with Gasteiger partial charge in [-0.05, 0) is 12.1 Å². The Labute approximate surface area is 107 Å². The summed E-state index contributed by atoms with van der Waals surface area (Å²) < 4.78 is 30.6. The summed E-state index contributed by atoms with van der Waals surface area (Å²) in [4.78, 5) is 22.0. The first-order valence-corrected chi connectivity index (χ1v) is 5.19. The van der Waals surface area contributed by atoms with Gasteiger partial charge in [0.05, 0.1) is 12.2 Å². The van der Waals surface area contributed by atoms with Crippen LogP contribution in [-0.4, -0.2) is 36.9 Å². The van der Waals surface area contributed by atoms with Gasteiger partial charge in [-0.3, -0.25) is 0 Å². The molecule has 2 amide bonds. The molecule has 1 atom stereocenters. The molecule has 0 aliphatic rings. The zero-order valence-electron chi connectivity index (χ0n) is 9.94. The number of benzene rings is 1. The van der Waals surface area contributed by atoms with Crippen LogP contribution in [0.3, 0.4) is 0 Å². The van der Waals surface area contributed by atoms with Gasteiger partial charge in [0.1, 0.15) is 11.6 Å². The molecule has 0 aliphatic carbocycles. The maximum absolute atomic E-state index is 13.2. The lowest BCUT2D eigenvalue weighted by atomic mass is 10.3. The van der Waals surface area contributed by atoms with E-state index in [1.165, 1.54) is 7.11 Å². The van der Waals surface area contributed by atoms with Crippen molar-refractivity contribution in [3.05, 3.63) is 29.8 Å². The summed E-state index contributed by atoms with van der Waals surface area (Å²) >= 11 is 0. The zero-order valence-corrected chi connectivity index (χ0v) is 9.94. The number of carbonyl (C=O) groups is 2. The van der Waals surface area contributed by atoms with Crippen LogP contribution < -0.4 is 10.6 Å². The number of ether oxygens (including phenoxy) is 1. The smallest absolute Gasteiger partial charge is 0.334 e. The number of nitrogens with one attached hydrogen (secondary N) is 2. The van der Waals surface area contributed by atoms with Crippen LogP contribution in [0.25, 0.3) is 0 Å². The third-order valence-electron chi connectivity index (χ3n) is 2.18. The third-order valence-corrected chi connectivity index (χ3v) is 2.18. The van der Waals surface area contributed by atoms with E-state index in [4.69, 9.17) is 5.11 Å². The molecule has 1 aromatic rings. The van der Waals surface area contributed by atoms with E-state index < -0.39 is 29.7 Å². The first-order valence-electron chi connectivity index (χ1n) is 5.19. The Bertz CT molecular complexity index is 482. The van der Waals surface area contributed by atoms with Gasteiger partial charge in [-0.25, -0.2) is 18.4 Å². The van der Waals surface area contributed by atoms with Gasteiger partial charge in [0, 0.05) is 13.2 Å². The SMILES string of the molecule is COC(CNC(=O)Nc1cc(F)ccc1F)C(=O)O. The summed E-state index contributed by atoms with van der Waals surface area (Å²) in [6.07, 6.45) is -1.22. The van der Waals surface area contributed by atoms with E-state index in [0.29, 0.717) is 0 Å². The number of carboxylic acids is 1. The van der Waals surface area contributed by atoms with Crippen LogP contribution in [0.4, 0.5) is 19.3 Å². The van der Waals surface area contributed by atoms with E-state index in [0.717, 1.165) is 18.2 Å². The van der Waals surface area contributed by atoms with E-state index in [1.807, 2.05) is 0 Å². The van der Waals surface area contributed by atoms with Gasteiger partial charge in [-0.2, -0.15) is 0 Å². The van der Waals surface area contributed by atoms with Gasteiger partial charge < -0.3 is 20.5 Å². The van der Waals surface area contributed by atoms with Crippen LogP contribution in [0, 0.1) is 11.6 Å². The fourth-order valence-corrected chi connectivity index (χ4v) is 1.22. The van der Waals surface area contributed by atoms with Gasteiger partial charge in [0.2, 0.25) is 0 Å². The van der Waals surface area contributed by atoms with Crippen molar-refractivity contribution < 1.29 is 28.2 Å². The Morgan fingerprint density at radius 2 is 2.11 bits per heavy atom. The van der Waals surface area contributed by atoms with Crippen LogP contribution in [-0.2, 0) is 9.53 Å². The van der Waals surface area contributed by atoms with Crippen molar-refractivity contribution >= 4 is 17.7 Å². The molecule has 0 saturated carbocycles. The Hall–Kier alpha value is -2.22. The molecule has 0 heterocycles. The number of rotatable bonds is 5. The summed E-state index contributed by atoms with van der Waals surface area (Å²) in [5.41, 5.74) is -0.346. The van der Waals surface area contributed by atoms with Crippen LogP contribution in [0.15, 0.2) is 18.2 Å². The Morgan fingerprint density at radius 1 is 1.42 bits per heavy atom.